The Morgan fingerprint density at radius 3 is 2.67 bits per heavy atom. The standard InChI is InChI=1S/C23H23ClN4O3S2/c1-25-23-26-20(22(30)27-31)21(33-23)14-6-9-28(10-7-14)19(29)8-11-32-18-5-3-15-12-17(24)4-2-16(15)13-18/h2-5,12-14H,6-11H2,1H3,(H,25,26). The van der Waals surface area contributed by atoms with Crippen LogP contribution in [0, 0.1) is 4.91 Å². The molecule has 1 aromatic heterocycles. The molecule has 1 fully saturated rings. The van der Waals surface area contributed by atoms with Gasteiger partial charge < -0.3 is 10.2 Å². The highest BCUT2D eigenvalue weighted by atomic mass is 35.5. The minimum absolute atomic E-state index is 0.0924. The van der Waals surface area contributed by atoms with E-state index in [1.165, 1.54) is 11.3 Å². The van der Waals surface area contributed by atoms with Gasteiger partial charge in [-0.2, -0.15) is 0 Å². The molecule has 3 aromatic rings. The summed E-state index contributed by atoms with van der Waals surface area (Å²) in [5.74, 6) is 0.103. The Balaban J connectivity index is 1.29. The number of anilines is 1. The maximum atomic E-state index is 12.7. The lowest BCUT2D eigenvalue weighted by molar-refractivity contribution is -0.131. The maximum absolute atomic E-state index is 12.7. The number of carbonyl (C=O) groups excluding carboxylic acids is 2. The van der Waals surface area contributed by atoms with Crippen molar-refractivity contribution in [3.8, 4) is 0 Å². The Morgan fingerprint density at radius 1 is 1.21 bits per heavy atom. The SMILES string of the molecule is CNc1nc(C(=O)N=O)c(C2CCN(C(=O)CCSc3ccc4cc(Cl)ccc4c3)CC2)s1. The van der Waals surface area contributed by atoms with Gasteiger partial charge in [-0.3, -0.25) is 9.59 Å². The average Bonchev–Trinajstić information content (AvgIpc) is 3.28. The number of aromatic nitrogens is 1. The van der Waals surface area contributed by atoms with E-state index in [0.717, 1.165) is 38.4 Å². The zero-order valence-electron chi connectivity index (χ0n) is 18.0. The number of fused-ring (bicyclic) bond motifs is 1. The number of nitroso groups, excluding NO2 is 1. The van der Waals surface area contributed by atoms with Gasteiger partial charge in [-0.15, -0.1) is 28.0 Å². The van der Waals surface area contributed by atoms with Gasteiger partial charge in [0.15, 0.2) is 10.8 Å². The third-order valence-electron chi connectivity index (χ3n) is 5.73. The summed E-state index contributed by atoms with van der Waals surface area (Å²) in [5, 5.41) is 9.00. The molecule has 0 spiro atoms. The van der Waals surface area contributed by atoms with Crippen molar-refractivity contribution in [3.63, 3.8) is 0 Å². The van der Waals surface area contributed by atoms with Crippen LogP contribution in [0.15, 0.2) is 46.5 Å². The third kappa shape index (κ3) is 5.54. The van der Waals surface area contributed by atoms with E-state index < -0.39 is 5.91 Å². The van der Waals surface area contributed by atoms with Crippen molar-refractivity contribution in [1.29, 1.82) is 0 Å². The lowest BCUT2D eigenvalue weighted by atomic mass is 9.94. The van der Waals surface area contributed by atoms with Crippen molar-refractivity contribution in [2.75, 3.05) is 31.2 Å². The van der Waals surface area contributed by atoms with Crippen molar-refractivity contribution in [2.45, 2.75) is 30.1 Å². The fraction of sp³-hybridized carbons (Fsp3) is 0.348. The molecule has 0 saturated carbocycles. The van der Waals surface area contributed by atoms with E-state index in [1.807, 2.05) is 29.2 Å². The number of hydrogen-bond acceptors (Lipinski definition) is 7. The number of amides is 2. The molecule has 0 bridgehead atoms. The van der Waals surface area contributed by atoms with Crippen LogP contribution in [0.1, 0.15) is 40.5 Å². The van der Waals surface area contributed by atoms with Gasteiger partial charge in [0.2, 0.25) is 5.91 Å². The predicted octanol–water partition coefficient (Wildman–Crippen LogP) is 5.79. The van der Waals surface area contributed by atoms with E-state index >= 15 is 0 Å². The Labute approximate surface area is 204 Å². The summed E-state index contributed by atoms with van der Waals surface area (Å²) in [5.41, 5.74) is 0.137. The Bertz CT molecular complexity index is 1190. The van der Waals surface area contributed by atoms with Gasteiger partial charge in [0.05, 0.1) is 0 Å². The normalized spacial score (nSPS) is 14.4. The van der Waals surface area contributed by atoms with E-state index in [1.54, 1.807) is 18.8 Å². The minimum Gasteiger partial charge on any atom is -0.365 e. The molecule has 2 amide bonds. The van der Waals surface area contributed by atoms with E-state index in [-0.39, 0.29) is 17.5 Å². The largest absolute Gasteiger partial charge is 0.365 e. The van der Waals surface area contributed by atoms with Gasteiger partial charge in [-0.05, 0) is 53.8 Å². The molecular weight excluding hydrogens is 480 g/mol. The molecule has 0 aliphatic carbocycles. The van der Waals surface area contributed by atoms with E-state index in [4.69, 9.17) is 11.6 Å². The monoisotopic (exact) mass is 502 g/mol. The highest BCUT2D eigenvalue weighted by Gasteiger charge is 2.29. The molecule has 1 aliphatic heterocycles. The van der Waals surface area contributed by atoms with Crippen molar-refractivity contribution < 1.29 is 9.59 Å². The van der Waals surface area contributed by atoms with Gasteiger partial charge in [0.25, 0.3) is 0 Å². The summed E-state index contributed by atoms with van der Waals surface area (Å²) in [4.78, 5) is 43.3. The number of piperidine rings is 1. The van der Waals surface area contributed by atoms with Crippen LogP contribution < -0.4 is 5.32 Å². The Hall–Kier alpha value is -2.49. The number of rotatable bonds is 7. The number of thiazole rings is 1. The fourth-order valence-corrected chi connectivity index (χ4v) is 6.15. The zero-order valence-corrected chi connectivity index (χ0v) is 20.4. The third-order valence-corrected chi connectivity index (χ3v) is 8.20. The molecule has 1 N–H and O–H groups in total. The molecule has 7 nitrogen and oxygen atoms in total. The summed E-state index contributed by atoms with van der Waals surface area (Å²) in [6.45, 7) is 1.25. The van der Waals surface area contributed by atoms with E-state index in [2.05, 4.69) is 27.6 Å². The highest BCUT2D eigenvalue weighted by Crippen LogP contribution is 2.37. The van der Waals surface area contributed by atoms with Gasteiger partial charge in [-0.25, -0.2) is 4.98 Å². The number of carbonyl (C=O) groups is 2. The molecule has 2 aromatic carbocycles. The molecule has 4 rings (SSSR count). The molecule has 1 aliphatic rings. The van der Waals surface area contributed by atoms with Crippen LogP contribution in [0.25, 0.3) is 10.8 Å². The first kappa shape index (κ1) is 23.7. The fourth-order valence-electron chi connectivity index (χ4n) is 4.00. The second kappa shape index (κ2) is 10.6. The molecule has 10 heteroatoms. The molecule has 172 valence electrons. The first-order valence-electron chi connectivity index (χ1n) is 10.6. The van der Waals surface area contributed by atoms with Gasteiger partial charge in [0.1, 0.15) is 0 Å². The van der Waals surface area contributed by atoms with Crippen molar-refractivity contribution >= 4 is 62.4 Å². The van der Waals surface area contributed by atoms with Gasteiger partial charge >= 0.3 is 5.91 Å². The van der Waals surface area contributed by atoms with E-state index in [0.29, 0.717) is 30.4 Å². The van der Waals surface area contributed by atoms with Crippen molar-refractivity contribution in [3.05, 3.63) is 56.9 Å². The number of halogens is 1. The molecule has 0 atom stereocenters. The summed E-state index contributed by atoms with van der Waals surface area (Å²) < 4.78 is 0. The first-order chi connectivity index (χ1) is 16.0. The van der Waals surface area contributed by atoms with Gasteiger partial charge in [-0.1, -0.05) is 23.7 Å². The van der Waals surface area contributed by atoms with Crippen LogP contribution in [0.3, 0.4) is 0 Å². The van der Waals surface area contributed by atoms with E-state index in [9.17, 15) is 14.5 Å². The second-order valence-electron chi connectivity index (χ2n) is 7.79. The summed E-state index contributed by atoms with van der Waals surface area (Å²) in [6, 6.07) is 12.1. The summed E-state index contributed by atoms with van der Waals surface area (Å²) in [6.07, 6.45) is 1.93. The topological polar surface area (TPSA) is 91.7 Å². The quantitative estimate of drug-likeness (QED) is 0.325. The number of hydrogen-bond donors (Lipinski definition) is 1. The van der Waals surface area contributed by atoms with Crippen LogP contribution in [0.4, 0.5) is 5.13 Å². The Morgan fingerprint density at radius 2 is 1.94 bits per heavy atom. The molecule has 33 heavy (non-hydrogen) atoms. The van der Waals surface area contributed by atoms with Crippen LogP contribution in [-0.2, 0) is 4.79 Å². The molecule has 0 radical (unpaired) electrons. The lowest BCUT2D eigenvalue weighted by Gasteiger charge is -2.31. The maximum Gasteiger partial charge on any atom is 0.336 e. The number of nitrogens with one attached hydrogen (secondary N) is 1. The second-order valence-corrected chi connectivity index (χ2v) is 10.4. The van der Waals surface area contributed by atoms with Crippen LogP contribution in [0.5, 0.6) is 0 Å². The van der Waals surface area contributed by atoms with Crippen LogP contribution in [0.2, 0.25) is 5.02 Å². The predicted molar refractivity (Wildman–Crippen MR) is 135 cm³/mol. The molecule has 2 heterocycles. The minimum atomic E-state index is -0.838. The Kier molecular flexibility index (Phi) is 7.62. The lowest BCUT2D eigenvalue weighted by Crippen LogP contribution is -2.38. The smallest absolute Gasteiger partial charge is 0.336 e. The average molecular weight is 503 g/mol. The summed E-state index contributed by atoms with van der Waals surface area (Å²) in [7, 11) is 1.72. The van der Waals surface area contributed by atoms with Crippen LogP contribution >= 0.6 is 34.7 Å². The number of thioether (sulfide) groups is 1. The first-order valence-corrected chi connectivity index (χ1v) is 12.8. The van der Waals surface area contributed by atoms with Crippen molar-refractivity contribution in [1.82, 2.24) is 9.88 Å². The number of nitrogens with zero attached hydrogens (tertiary/aromatic N) is 3. The highest BCUT2D eigenvalue weighted by molar-refractivity contribution is 7.99. The molecule has 1 saturated heterocycles. The molecular formula is C23H23ClN4O3S2. The summed E-state index contributed by atoms with van der Waals surface area (Å²) >= 11 is 9.09. The molecule has 0 unspecified atom stereocenters. The number of likely N-dealkylation sites (tertiary alicyclic amines) is 1. The van der Waals surface area contributed by atoms with Gasteiger partial charge in [0, 0.05) is 52.3 Å². The zero-order chi connectivity index (χ0) is 23.4. The van der Waals surface area contributed by atoms with Crippen LogP contribution in [-0.4, -0.2) is 47.6 Å². The number of benzene rings is 2. The van der Waals surface area contributed by atoms with Crippen molar-refractivity contribution in [2.24, 2.45) is 5.18 Å².